The van der Waals surface area contributed by atoms with Crippen LogP contribution in [0.5, 0.6) is 0 Å². The van der Waals surface area contributed by atoms with Gasteiger partial charge in [-0.05, 0) is 28.2 Å². The molecule has 1 radical (unpaired) electrons. The second-order valence-electron chi connectivity index (χ2n) is 16.9. The summed E-state index contributed by atoms with van der Waals surface area (Å²) in [6.07, 6.45) is 3.90. The summed E-state index contributed by atoms with van der Waals surface area (Å²) in [6, 6.07) is 35.3. The first-order chi connectivity index (χ1) is 24.5. The normalized spacial score (nSPS) is 12.1. The van der Waals surface area contributed by atoms with Crippen LogP contribution in [-0.2, 0) is 30.9 Å². The zero-order valence-corrected chi connectivity index (χ0v) is 37.3. The third-order valence-corrected chi connectivity index (χ3v) is 12.5. The molecule has 7 rings (SSSR count). The summed E-state index contributed by atoms with van der Waals surface area (Å²) >= 11 is -2.31. The van der Waals surface area contributed by atoms with E-state index in [0.29, 0.717) is 5.92 Å². The van der Waals surface area contributed by atoms with Gasteiger partial charge in [-0.3, -0.25) is 0 Å². The largest absolute Gasteiger partial charge is 0.304 e. The topological polar surface area (TPSA) is 64.7 Å². The first-order valence-electron chi connectivity index (χ1n) is 18.2. The standard InChI is InChI=1S/C28H28GeN3O.C18H22N.Ir/c1-28(2,3)19-15-16-30-22(17-19)20-13-10-14-21-24-26(33-25(20)21)23(18-11-8-7-9-12-18)31-27(32-24)29(4,5)6;1-13(2)15-12-19-17(11-16(15)18(3,4)5)14-9-7-6-8-10-14;/h7-12,14-17H,1-6H3;6-9,11-13H,1-5H3;/q2*-1;. The summed E-state index contributed by atoms with van der Waals surface area (Å²) in [5.41, 5.74) is 12.1. The Morgan fingerprint density at radius 2 is 1.43 bits per heavy atom. The number of pyridine rings is 2. The molecule has 0 spiro atoms. The van der Waals surface area contributed by atoms with E-state index in [4.69, 9.17) is 14.4 Å². The summed E-state index contributed by atoms with van der Waals surface area (Å²) in [6.45, 7) is 17.8. The number of hydrogen-bond donors (Lipinski definition) is 0. The Morgan fingerprint density at radius 1 is 0.717 bits per heavy atom. The molecule has 4 heterocycles. The van der Waals surface area contributed by atoms with Crippen molar-refractivity contribution < 1.29 is 24.5 Å². The maximum absolute atomic E-state index is 6.54. The van der Waals surface area contributed by atoms with Gasteiger partial charge in [-0.1, -0.05) is 40.7 Å². The third kappa shape index (κ3) is 8.88. The Morgan fingerprint density at radius 3 is 2.06 bits per heavy atom. The van der Waals surface area contributed by atoms with Gasteiger partial charge in [-0.15, -0.1) is 35.9 Å². The van der Waals surface area contributed by atoms with Crippen LogP contribution in [0.4, 0.5) is 0 Å². The third-order valence-electron chi connectivity index (χ3n) is 9.22. The summed E-state index contributed by atoms with van der Waals surface area (Å²) in [7, 11) is 0. The van der Waals surface area contributed by atoms with E-state index in [2.05, 4.69) is 131 Å². The van der Waals surface area contributed by atoms with Crippen LogP contribution in [0.15, 0.2) is 102 Å². The first-order valence-corrected chi connectivity index (χ1v) is 25.5. The SMILES string of the molecule is CC(C)(C)c1ccnc(-c2[c-]ccc3c2oc2c(-c4ccccc4)n[c]([Ge]([CH3])([CH3])[CH3])nc23)c1.CC(C)c1cnc(-c2[c-]cccc2)cc1C(C)(C)C.[Ir]. The Kier molecular flexibility index (Phi) is 12.0. The van der Waals surface area contributed by atoms with Crippen molar-refractivity contribution in [1.82, 2.24) is 19.9 Å². The molecular formula is C46H50GeIrN4O-2. The van der Waals surface area contributed by atoms with Crippen molar-refractivity contribution in [2.24, 2.45) is 0 Å². The van der Waals surface area contributed by atoms with Crippen LogP contribution in [0.25, 0.3) is 55.8 Å². The fourth-order valence-corrected chi connectivity index (χ4v) is 8.11. The van der Waals surface area contributed by atoms with E-state index in [1.165, 1.54) is 16.7 Å². The average Bonchev–Trinajstić information content (AvgIpc) is 3.50. The van der Waals surface area contributed by atoms with Crippen LogP contribution >= 0.6 is 0 Å². The van der Waals surface area contributed by atoms with Gasteiger partial charge in [0.1, 0.15) is 0 Å². The first kappa shape index (κ1) is 40.2. The average molecular weight is 940 g/mol. The van der Waals surface area contributed by atoms with Gasteiger partial charge >= 0.3 is 198 Å². The molecule has 0 fully saturated rings. The minimum absolute atomic E-state index is 0. The van der Waals surface area contributed by atoms with Crippen LogP contribution < -0.4 is 4.66 Å². The van der Waals surface area contributed by atoms with E-state index in [1.54, 1.807) is 0 Å². The Labute approximate surface area is 331 Å². The fourth-order valence-electron chi connectivity index (χ4n) is 6.24. The van der Waals surface area contributed by atoms with Crippen molar-refractivity contribution in [2.75, 3.05) is 0 Å². The predicted molar refractivity (Wildman–Crippen MR) is 220 cm³/mol. The molecule has 3 aromatic carbocycles. The second kappa shape index (κ2) is 15.8. The molecule has 0 amide bonds. The van der Waals surface area contributed by atoms with Gasteiger partial charge in [0, 0.05) is 26.3 Å². The van der Waals surface area contributed by atoms with Crippen molar-refractivity contribution >= 4 is 40.0 Å². The Balaban J connectivity index is 0.000000232. The molecule has 5 nitrogen and oxygen atoms in total. The molecule has 53 heavy (non-hydrogen) atoms. The molecule has 0 N–H and O–H groups in total. The smallest absolute Gasteiger partial charge is 0.0198 e. The quantitative estimate of drug-likeness (QED) is 0.127. The molecule has 0 atom stereocenters. The van der Waals surface area contributed by atoms with Gasteiger partial charge in [0.2, 0.25) is 0 Å². The maximum atomic E-state index is 6.54. The van der Waals surface area contributed by atoms with Crippen LogP contribution in [0.2, 0.25) is 17.3 Å². The molecule has 0 bridgehead atoms. The van der Waals surface area contributed by atoms with Crippen molar-refractivity contribution in [3.63, 3.8) is 0 Å². The van der Waals surface area contributed by atoms with E-state index in [-0.39, 0.29) is 30.9 Å². The van der Waals surface area contributed by atoms with E-state index >= 15 is 0 Å². The second-order valence-corrected chi connectivity index (χ2v) is 27.3. The molecule has 0 unspecified atom stereocenters. The zero-order valence-electron chi connectivity index (χ0n) is 32.8. The summed E-state index contributed by atoms with van der Waals surface area (Å²) in [5, 5.41) is 0.981. The minimum Gasteiger partial charge on any atom is -0.304 e. The van der Waals surface area contributed by atoms with Crippen molar-refractivity contribution in [3.8, 4) is 33.8 Å². The van der Waals surface area contributed by atoms with Crippen LogP contribution in [0, 0.1) is 12.1 Å². The number of aromatic nitrogens is 4. The van der Waals surface area contributed by atoms with E-state index < -0.39 is 13.3 Å². The molecule has 0 saturated heterocycles. The number of benzene rings is 3. The summed E-state index contributed by atoms with van der Waals surface area (Å²) < 4.78 is 7.52. The number of rotatable bonds is 5. The van der Waals surface area contributed by atoms with Crippen molar-refractivity contribution in [3.05, 3.63) is 126 Å². The van der Waals surface area contributed by atoms with Crippen LogP contribution in [0.3, 0.4) is 0 Å². The van der Waals surface area contributed by atoms with Gasteiger partial charge in [-0.2, -0.15) is 0 Å². The van der Waals surface area contributed by atoms with Gasteiger partial charge in [-0.25, -0.2) is 0 Å². The Hall–Kier alpha value is -3.97. The molecule has 0 saturated carbocycles. The minimum atomic E-state index is -2.31. The Bertz CT molecular complexity index is 2330. The van der Waals surface area contributed by atoms with E-state index in [0.717, 1.165) is 60.5 Å². The van der Waals surface area contributed by atoms with Gasteiger partial charge < -0.3 is 4.98 Å². The molecule has 7 aromatic rings. The molecule has 275 valence electrons. The molecule has 0 aliphatic heterocycles. The van der Waals surface area contributed by atoms with Gasteiger partial charge in [0.15, 0.2) is 0 Å². The number of furan rings is 1. The molecule has 0 aliphatic rings. The van der Waals surface area contributed by atoms with Crippen LogP contribution in [-0.4, -0.2) is 33.2 Å². The van der Waals surface area contributed by atoms with E-state index in [9.17, 15) is 0 Å². The van der Waals surface area contributed by atoms with Gasteiger partial charge in [0.05, 0.1) is 0 Å². The molecule has 0 aliphatic carbocycles. The summed E-state index contributed by atoms with van der Waals surface area (Å²) in [5.74, 6) is 7.45. The molecular weight excluding hydrogens is 889 g/mol. The predicted octanol–water partition coefficient (Wildman–Crippen LogP) is 11.7. The van der Waals surface area contributed by atoms with Crippen molar-refractivity contribution in [2.45, 2.75) is 89.4 Å². The number of hydrogen-bond acceptors (Lipinski definition) is 5. The van der Waals surface area contributed by atoms with Crippen LogP contribution in [0.1, 0.15) is 78.0 Å². The fraction of sp³-hybridized carbons (Fsp3) is 0.304. The summed E-state index contributed by atoms with van der Waals surface area (Å²) in [4.78, 5) is 19.4. The molecule has 4 aromatic heterocycles. The number of fused-ring (bicyclic) bond motifs is 3. The van der Waals surface area contributed by atoms with Crippen molar-refractivity contribution in [1.29, 1.82) is 0 Å². The maximum Gasteiger partial charge on any atom is 0.0198 e. The van der Waals surface area contributed by atoms with E-state index in [1.807, 2.05) is 60.9 Å². The molecule has 7 heteroatoms. The number of nitrogens with zero attached hydrogens (tertiary/aromatic N) is 4. The van der Waals surface area contributed by atoms with Gasteiger partial charge in [0.25, 0.3) is 0 Å². The monoisotopic (exact) mass is 941 g/mol. The zero-order chi connectivity index (χ0) is 37.4.